The van der Waals surface area contributed by atoms with Gasteiger partial charge in [0.1, 0.15) is 11.2 Å². The van der Waals surface area contributed by atoms with E-state index in [0.29, 0.717) is 50.5 Å². The number of nitrogens with zero attached hydrogens (tertiary/aromatic N) is 3. The molecular weight excluding hydrogens is 526 g/mol. The number of furan rings is 1. The third-order valence-electron chi connectivity index (χ3n) is 7.10. The summed E-state index contributed by atoms with van der Waals surface area (Å²) in [5, 5.41) is 1.43. The Morgan fingerprint density at radius 2 is 1.05 bits per heavy atom. The molecule has 0 aliphatic carbocycles. The number of benzene rings is 6. The molecule has 0 spiro atoms. The van der Waals surface area contributed by atoms with Crippen molar-refractivity contribution in [1.82, 2.24) is 15.0 Å². The van der Waals surface area contributed by atoms with E-state index in [1.807, 2.05) is 48.5 Å². The molecule has 0 saturated carbocycles. The zero-order valence-electron chi connectivity index (χ0n) is 32.4. The van der Waals surface area contributed by atoms with Crippen LogP contribution >= 0.6 is 0 Å². The quantitative estimate of drug-likeness (QED) is 0.210. The van der Waals surface area contributed by atoms with Crippen LogP contribution < -0.4 is 0 Å². The van der Waals surface area contributed by atoms with Crippen LogP contribution in [0.5, 0.6) is 0 Å². The molecule has 8 rings (SSSR count). The Bertz CT molecular complexity index is 2750. The molecule has 0 saturated heterocycles. The molecule has 0 amide bonds. The Morgan fingerprint density at radius 3 is 1.79 bits per heavy atom. The Kier molecular flexibility index (Phi) is 4.04. The van der Waals surface area contributed by atoms with E-state index in [1.54, 1.807) is 42.5 Å². The maximum Gasteiger partial charge on any atom is 0.164 e. The van der Waals surface area contributed by atoms with E-state index in [0.717, 1.165) is 10.9 Å². The first-order valence-corrected chi connectivity index (χ1v) is 13.5. The molecule has 6 aromatic carbocycles. The van der Waals surface area contributed by atoms with Gasteiger partial charge in [-0.1, -0.05) is 133 Å². The molecule has 2 heterocycles. The smallest absolute Gasteiger partial charge is 0.164 e. The number of para-hydroxylation sites is 1. The van der Waals surface area contributed by atoms with Crippen LogP contribution in [0.4, 0.5) is 0 Å². The monoisotopic (exact) mass is 561 g/mol. The van der Waals surface area contributed by atoms with Crippen LogP contribution in [0, 0.1) is 0 Å². The summed E-state index contributed by atoms with van der Waals surface area (Å²) in [5.74, 6) is 0.985. The summed E-state index contributed by atoms with van der Waals surface area (Å²) in [6, 6.07) is 23.0. The highest BCUT2D eigenvalue weighted by molar-refractivity contribution is 6.10. The number of hydrogen-bond acceptors (Lipinski definition) is 4. The third-order valence-corrected chi connectivity index (χ3v) is 7.10. The number of aromatic nitrogens is 3. The second-order valence-corrected chi connectivity index (χ2v) is 9.75. The van der Waals surface area contributed by atoms with Gasteiger partial charge in [-0.05, 0) is 34.9 Å². The van der Waals surface area contributed by atoms with E-state index in [1.165, 1.54) is 0 Å². The highest BCUT2D eigenvalue weighted by Gasteiger charge is 2.16. The Hall–Kier alpha value is -5.87. The van der Waals surface area contributed by atoms with Crippen LogP contribution in [0.3, 0.4) is 0 Å². The average molecular weight is 562 g/mol. The molecule has 4 nitrogen and oxygen atoms in total. The highest BCUT2D eigenvalue weighted by atomic mass is 16.3. The van der Waals surface area contributed by atoms with Gasteiger partial charge in [-0.2, -0.15) is 0 Å². The molecule has 0 bridgehead atoms. The lowest BCUT2D eigenvalue weighted by molar-refractivity contribution is 0.670. The fraction of sp³-hybridized carbons (Fsp3) is 0. The lowest BCUT2D eigenvalue weighted by Crippen LogP contribution is -2.00. The molecule has 0 N–H and O–H groups in total. The van der Waals surface area contributed by atoms with Gasteiger partial charge in [0.25, 0.3) is 0 Å². The normalized spacial score (nSPS) is 14.5. The van der Waals surface area contributed by atoms with Crippen molar-refractivity contribution < 1.29 is 18.1 Å². The first-order chi connectivity index (χ1) is 25.4. The van der Waals surface area contributed by atoms with Crippen molar-refractivity contribution in [2.45, 2.75) is 0 Å². The van der Waals surface area contributed by atoms with Gasteiger partial charge >= 0.3 is 0 Å². The zero-order valence-corrected chi connectivity index (χ0v) is 22.4. The summed E-state index contributed by atoms with van der Waals surface area (Å²) in [5.41, 5.74) is 3.55. The zero-order chi connectivity index (χ0) is 37.3. The molecule has 8 aromatic rings. The van der Waals surface area contributed by atoms with Crippen molar-refractivity contribution in [3.05, 3.63) is 151 Å². The second kappa shape index (κ2) is 10.5. The van der Waals surface area contributed by atoms with Gasteiger partial charge in [0, 0.05) is 33.0 Å². The molecule has 2 aromatic heterocycles. The molecule has 0 fully saturated rings. The van der Waals surface area contributed by atoms with Crippen molar-refractivity contribution in [2.24, 2.45) is 0 Å². The maximum absolute atomic E-state index is 8.54. The molecule has 0 unspecified atom stereocenters. The van der Waals surface area contributed by atoms with Gasteiger partial charge in [-0.15, -0.1) is 0 Å². The van der Waals surface area contributed by atoms with Crippen molar-refractivity contribution in [3.63, 3.8) is 0 Å². The summed E-state index contributed by atoms with van der Waals surface area (Å²) >= 11 is 0. The standard InChI is InChI=1S/C39H25N3O/c1-4-12-26(13-5-1)29-18-10-19-30(24-29)38-40-37(28-16-8-3-9-17-28)41-39(42-38)31-22-23-33-34-21-11-20-32(27-14-6-2-7-15-27)36(34)43-35(33)25-31/h1-25H/i1D,2D,4D,5D,6D,7D,12D,13D,14D,15D. The largest absolute Gasteiger partial charge is 0.455 e. The van der Waals surface area contributed by atoms with Gasteiger partial charge in [-0.3, -0.25) is 0 Å². The Morgan fingerprint density at radius 1 is 0.442 bits per heavy atom. The van der Waals surface area contributed by atoms with Crippen molar-refractivity contribution in [2.75, 3.05) is 0 Å². The summed E-state index contributed by atoms with van der Waals surface area (Å²) in [6.07, 6.45) is 0. The molecular formula is C39H25N3O. The highest BCUT2D eigenvalue weighted by Crippen LogP contribution is 2.37. The first-order valence-electron chi connectivity index (χ1n) is 18.5. The molecule has 202 valence electrons. The van der Waals surface area contributed by atoms with Crippen LogP contribution in [0.15, 0.2) is 156 Å². The van der Waals surface area contributed by atoms with E-state index in [4.69, 9.17) is 33.1 Å². The van der Waals surface area contributed by atoms with Gasteiger partial charge in [-0.25, -0.2) is 15.0 Å². The van der Waals surface area contributed by atoms with Gasteiger partial charge in [0.2, 0.25) is 0 Å². The SMILES string of the molecule is [2H]c1c([2H])c([2H])c(-c2cccc(-c3nc(-c4ccccc4)nc(-c4ccc5c(c4)oc4c(-c6c([2H])c([2H])c([2H])c([2H])c6[2H])cccc45)n3)c2)c([2H])c1[2H]. The van der Waals surface area contributed by atoms with E-state index >= 15 is 0 Å². The molecule has 0 atom stereocenters. The maximum atomic E-state index is 8.54. The fourth-order valence-corrected chi connectivity index (χ4v) is 5.08. The van der Waals surface area contributed by atoms with E-state index in [-0.39, 0.29) is 41.1 Å². The van der Waals surface area contributed by atoms with Crippen molar-refractivity contribution in [3.8, 4) is 56.4 Å². The van der Waals surface area contributed by atoms with E-state index < -0.39 is 36.3 Å². The summed E-state index contributed by atoms with van der Waals surface area (Å²) < 4.78 is 89.1. The molecule has 43 heavy (non-hydrogen) atoms. The number of fused-ring (bicyclic) bond motifs is 3. The molecule has 4 heteroatoms. The summed E-state index contributed by atoms with van der Waals surface area (Å²) in [4.78, 5) is 14.4. The first kappa shape index (κ1) is 16.5. The van der Waals surface area contributed by atoms with Crippen LogP contribution in [-0.2, 0) is 0 Å². The minimum absolute atomic E-state index is 0.0429. The van der Waals surface area contributed by atoms with Crippen LogP contribution in [-0.4, -0.2) is 15.0 Å². The fourth-order valence-electron chi connectivity index (χ4n) is 5.08. The van der Waals surface area contributed by atoms with Gasteiger partial charge in [0.05, 0.1) is 13.7 Å². The Balaban J connectivity index is 1.30. The number of rotatable bonds is 5. The van der Waals surface area contributed by atoms with Crippen LogP contribution in [0.1, 0.15) is 13.7 Å². The molecule has 0 radical (unpaired) electrons. The topological polar surface area (TPSA) is 51.8 Å². The summed E-state index contributed by atoms with van der Waals surface area (Å²) in [6.45, 7) is 0. The number of hydrogen-bond donors (Lipinski definition) is 0. The van der Waals surface area contributed by atoms with Crippen molar-refractivity contribution in [1.29, 1.82) is 0 Å². The van der Waals surface area contributed by atoms with E-state index in [9.17, 15) is 0 Å². The lowest BCUT2D eigenvalue weighted by atomic mass is 10.0. The minimum Gasteiger partial charge on any atom is -0.455 e. The van der Waals surface area contributed by atoms with Crippen LogP contribution in [0.25, 0.3) is 78.4 Å². The lowest BCUT2D eigenvalue weighted by Gasteiger charge is -2.09. The summed E-state index contributed by atoms with van der Waals surface area (Å²) in [7, 11) is 0. The third kappa shape index (κ3) is 4.65. The van der Waals surface area contributed by atoms with E-state index in [2.05, 4.69) is 0 Å². The molecule has 0 aliphatic heterocycles. The van der Waals surface area contributed by atoms with Gasteiger partial charge < -0.3 is 4.42 Å². The van der Waals surface area contributed by atoms with Crippen molar-refractivity contribution >= 4 is 21.9 Å². The minimum atomic E-state index is -0.474. The van der Waals surface area contributed by atoms with Gasteiger partial charge in [0.15, 0.2) is 17.5 Å². The second-order valence-electron chi connectivity index (χ2n) is 9.75. The predicted molar refractivity (Wildman–Crippen MR) is 174 cm³/mol. The predicted octanol–water partition coefficient (Wildman–Crippen LogP) is 10.1. The van der Waals surface area contributed by atoms with Crippen LogP contribution in [0.2, 0.25) is 0 Å². The Labute approximate surface area is 263 Å². The molecule has 0 aliphatic rings. The average Bonchev–Trinajstić information content (AvgIpc) is 3.57.